The molecule has 56 valence electrons. The maximum absolute atomic E-state index is 5.65. The molecule has 0 aliphatic heterocycles. The predicted octanol–water partition coefficient (Wildman–Crippen LogP) is 0.0390. The maximum atomic E-state index is 5.65. The summed E-state index contributed by atoms with van der Waals surface area (Å²) in [6.45, 7) is 1.94. The smallest absolute Gasteiger partial charge is 0.252 e. The molecule has 2 heterocycles. The number of nitrogens with one attached hydrogen (secondary N) is 1. The van der Waals surface area contributed by atoms with Crippen molar-refractivity contribution in [2.45, 2.75) is 6.92 Å². The molecule has 3 N–H and O–H groups in total. The minimum Gasteiger partial charge on any atom is -0.317 e. The monoisotopic (exact) mass is 149 g/mol. The van der Waals surface area contributed by atoms with Crippen LogP contribution in [0.25, 0.3) is 5.65 Å². The molecule has 0 amide bonds. The molecule has 0 atom stereocenters. The van der Waals surface area contributed by atoms with Crippen molar-refractivity contribution in [3.8, 4) is 0 Å². The van der Waals surface area contributed by atoms with Crippen LogP contribution in [0.5, 0.6) is 0 Å². The van der Waals surface area contributed by atoms with Crippen molar-refractivity contribution in [3.05, 3.63) is 24.3 Å². The number of nitrogens with zero attached hydrogens (tertiary/aromatic N) is 2. The van der Waals surface area contributed by atoms with E-state index in [0.29, 0.717) is 5.82 Å². The Balaban J connectivity index is 2.96. The van der Waals surface area contributed by atoms with E-state index in [1.807, 2.05) is 23.7 Å². The van der Waals surface area contributed by atoms with Gasteiger partial charge < -0.3 is 5.73 Å². The first kappa shape index (κ1) is 6.15. The third-order valence-corrected chi connectivity index (χ3v) is 1.70. The summed E-state index contributed by atoms with van der Waals surface area (Å²) in [6, 6.07) is 0. The Labute approximate surface area is 63.7 Å². The lowest BCUT2D eigenvalue weighted by Gasteiger charge is -1.93. The topological polar surface area (TPSA) is 58.8 Å². The first-order chi connectivity index (χ1) is 5.29. The minimum atomic E-state index is 0.645. The van der Waals surface area contributed by atoms with E-state index in [2.05, 4.69) is 9.97 Å². The van der Waals surface area contributed by atoms with Crippen LogP contribution in [-0.4, -0.2) is 9.97 Å². The second-order valence-electron chi connectivity index (χ2n) is 2.45. The highest BCUT2D eigenvalue weighted by Gasteiger charge is 2.06. The Kier molecular flexibility index (Phi) is 1.09. The van der Waals surface area contributed by atoms with Crippen molar-refractivity contribution in [1.82, 2.24) is 9.97 Å². The molecule has 0 fully saturated rings. The summed E-state index contributed by atoms with van der Waals surface area (Å²) in [6.07, 6.45) is 5.36. The number of hydrogen-bond acceptors (Lipinski definition) is 2. The van der Waals surface area contributed by atoms with E-state index in [9.17, 15) is 0 Å². The fourth-order valence-corrected chi connectivity index (χ4v) is 1.12. The van der Waals surface area contributed by atoms with Crippen molar-refractivity contribution in [2.24, 2.45) is 0 Å². The van der Waals surface area contributed by atoms with Crippen molar-refractivity contribution in [1.29, 1.82) is 0 Å². The van der Waals surface area contributed by atoms with E-state index in [1.54, 1.807) is 6.20 Å². The fraction of sp³-hybridized carbons (Fsp3) is 0.143. The molecular formula is C7H9N4+. The van der Waals surface area contributed by atoms with Crippen LogP contribution in [0, 0.1) is 6.92 Å². The molecule has 0 unspecified atom stereocenters. The molecule has 2 aromatic rings. The molecule has 0 radical (unpaired) electrons. The first-order valence-electron chi connectivity index (χ1n) is 3.39. The average molecular weight is 149 g/mol. The molecule has 0 aromatic carbocycles. The summed E-state index contributed by atoms with van der Waals surface area (Å²) in [5.74, 6) is 0.645. The highest BCUT2D eigenvalue weighted by atomic mass is 15.1. The van der Waals surface area contributed by atoms with E-state index in [-0.39, 0.29) is 0 Å². The minimum absolute atomic E-state index is 0.645. The molecule has 2 rings (SSSR count). The summed E-state index contributed by atoms with van der Waals surface area (Å²) >= 11 is 0. The van der Waals surface area contributed by atoms with Crippen molar-refractivity contribution >= 4 is 11.5 Å². The van der Waals surface area contributed by atoms with Gasteiger partial charge in [0.2, 0.25) is 5.82 Å². The van der Waals surface area contributed by atoms with Crippen LogP contribution in [0.4, 0.5) is 5.82 Å². The number of fused-ring (bicyclic) bond motifs is 1. The lowest BCUT2D eigenvalue weighted by molar-refractivity contribution is -0.494. The van der Waals surface area contributed by atoms with Crippen LogP contribution in [0.1, 0.15) is 5.69 Å². The predicted molar refractivity (Wildman–Crippen MR) is 40.9 cm³/mol. The summed E-state index contributed by atoms with van der Waals surface area (Å²) in [7, 11) is 0. The van der Waals surface area contributed by atoms with Crippen LogP contribution in [0.2, 0.25) is 0 Å². The maximum Gasteiger partial charge on any atom is 0.252 e. The van der Waals surface area contributed by atoms with Crippen molar-refractivity contribution in [3.63, 3.8) is 0 Å². The van der Waals surface area contributed by atoms with Gasteiger partial charge in [-0.2, -0.15) is 0 Å². The van der Waals surface area contributed by atoms with E-state index in [4.69, 9.17) is 5.73 Å². The molecule has 4 heteroatoms. The quantitative estimate of drug-likeness (QED) is 0.519. The van der Waals surface area contributed by atoms with Crippen LogP contribution < -0.4 is 10.1 Å². The van der Waals surface area contributed by atoms with Crippen molar-refractivity contribution in [2.75, 3.05) is 5.73 Å². The van der Waals surface area contributed by atoms with Crippen LogP contribution >= 0.6 is 0 Å². The molecule has 0 bridgehead atoms. The van der Waals surface area contributed by atoms with Crippen LogP contribution in [0.3, 0.4) is 0 Å². The number of aromatic nitrogens is 3. The summed E-state index contributed by atoms with van der Waals surface area (Å²) in [5.41, 5.74) is 7.55. The number of imidazole rings is 1. The van der Waals surface area contributed by atoms with Gasteiger partial charge in [0.1, 0.15) is 18.1 Å². The molecule has 11 heavy (non-hydrogen) atoms. The van der Waals surface area contributed by atoms with Gasteiger partial charge >= 0.3 is 0 Å². The van der Waals surface area contributed by atoms with Gasteiger partial charge in [0.15, 0.2) is 0 Å². The summed E-state index contributed by atoms with van der Waals surface area (Å²) in [4.78, 5) is 7.15. The number of nitrogen functional groups attached to an aromatic ring is 1. The Morgan fingerprint density at radius 3 is 3.18 bits per heavy atom. The lowest BCUT2D eigenvalue weighted by atomic mass is 10.5. The Morgan fingerprint density at radius 2 is 2.45 bits per heavy atom. The fourth-order valence-electron chi connectivity index (χ4n) is 1.12. The Morgan fingerprint density at radius 1 is 1.64 bits per heavy atom. The van der Waals surface area contributed by atoms with Gasteiger partial charge in [0.05, 0.1) is 6.20 Å². The number of aromatic amines is 1. The highest BCUT2D eigenvalue weighted by Crippen LogP contribution is 1.99. The molecule has 0 saturated carbocycles. The molecule has 4 nitrogen and oxygen atoms in total. The molecule has 0 aliphatic rings. The van der Waals surface area contributed by atoms with Gasteiger partial charge in [0.25, 0.3) is 5.65 Å². The zero-order valence-corrected chi connectivity index (χ0v) is 6.20. The Bertz CT molecular complexity index is 354. The number of anilines is 1. The standard InChI is InChI=1S/C7H8N4/c1-5-7-9-2-3-11(7)6(8)4-10-5/h2-4H,1H3,(H2,8,9)/p+1. The van der Waals surface area contributed by atoms with Gasteiger partial charge in [-0.05, 0) is 6.92 Å². The number of aryl methyl sites for hydroxylation is 1. The molecule has 0 aliphatic carbocycles. The van der Waals surface area contributed by atoms with E-state index in [1.165, 1.54) is 0 Å². The Hall–Kier alpha value is -1.58. The zero-order chi connectivity index (χ0) is 7.84. The van der Waals surface area contributed by atoms with Gasteiger partial charge in [-0.15, -0.1) is 0 Å². The third kappa shape index (κ3) is 0.756. The normalized spacial score (nSPS) is 10.6. The molecule has 2 aromatic heterocycles. The second-order valence-corrected chi connectivity index (χ2v) is 2.45. The largest absolute Gasteiger partial charge is 0.317 e. The van der Waals surface area contributed by atoms with Gasteiger partial charge in [0, 0.05) is 0 Å². The number of nitrogens with two attached hydrogens (primary N) is 1. The van der Waals surface area contributed by atoms with E-state index in [0.717, 1.165) is 11.3 Å². The number of H-pyrrole nitrogens is 1. The van der Waals surface area contributed by atoms with Gasteiger partial charge in [-0.1, -0.05) is 0 Å². The molecule has 0 spiro atoms. The second kappa shape index (κ2) is 1.95. The summed E-state index contributed by atoms with van der Waals surface area (Å²) in [5, 5.41) is 0. The van der Waals surface area contributed by atoms with Crippen LogP contribution in [-0.2, 0) is 0 Å². The zero-order valence-electron chi connectivity index (χ0n) is 6.20. The first-order valence-corrected chi connectivity index (χ1v) is 3.39. The third-order valence-electron chi connectivity index (χ3n) is 1.70. The van der Waals surface area contributed by atoms with Crippen LogP contribution in [0.15, 0.2) is 18.6 Å². The number of hydrogen-bond donors (Lipinski definition) is 2. The van der Waals surface area contributed by atoms with E-state index < -0.39 is 0 Å². The van der Waals surface area contributed by atoms with Crippen molar-refractivity contribution < 1.29 is 4.40 Å². The highest BCUT2D eigenvalue weighted by molar-refractivity contribution is 5.37. The van der Waals surface area contributed by atoms with Gasteiger partial charge in [-0.25, -0.2) is 9.38 Å². The lowest BCUT2D eigenvalue weighted by Crippen LogP contribution is -2.25. The SMILES string of the molecule is Cc1ncc(N)[n+]2cc[nH]c12. The number of rotatable bonds is 0. The van der Waals surface area contributed by atoms with Gasteiger partial charge in [-0.3, -0.25) is 4.98 Å². The average Bonchev–Trinajstić information content (AvgIpc) is 2.45. The molecule has 0 saturated heterocycles. The summed E-state index contributed by atoms with van der Waals surface area (Å²) < 4.78 is 1.86. The molecular weight excluding hydrogens is 140 g/mol. The van der Waals surface area contributed by atoms with E-state index >= 15 is 0 Å².